The third-order valence-electron chi connectivity index (χ3n) is 4.23. The van der Waals surface area contributed by atoms with Gasteiger partial charge in [0.1, 0.15) is 28.7 Å². The molecular formula is C19H13F3N4O2S. The zero-order valence-electron chi connectivity index (χ0n) is 14.7. The van der Waals surface area contributed by atoms with E-state index < -0.39 is 27.5 Å². The van der Waals surface area contributed by atoms with Gasteiger partial charge in [-0.3, -0.25) is 8.71 Å². The number of hydrogen-bond donors (Lipinski definition) is 0. The van der Waals surface area contributed by atoms with Gasteiger partial charge in [-0.1, -0.05) is 12.1 Å². The monoisotopic (exact) mass is 418 g/mol. The molecule has 0 atom stereocenters. The van der Waals surface area contributed by atoms with E-state index in [0.29, 0.717) is 17.3 Å². The molecule has 2 aromatic heterocycles. The lowest BCUT2D eigenvalue weighted by atomic mass is 10.2. The number of benzene rings is 2. The highest BCUT2D eigenvalue weighted by Gasteiger charge is 2.27. The summed E-state index contributed by atoms with van der Waals surface area (Å²) < 4.78 is 69.8. The second-order valence-corrected chi connectivity index (χ2v) is 8.09. The first-order valence-electron chi connectivity index (χ1n) is 8.35. The van der Waals surface area contributed by atoms with Crippen molar-refractivity contribution in [3.63, 3.8) is 0 Å². The molecule has 0 N–H and O–H groups in total. The van der Waals surface area contributed by atoms with Crippen molar-refractivity contribution in [1.29, 1.82) is 0 Å². The van der Waals surface area contributed by atoms with E-state index in [1.54, 1.807) is 0 Å². The zero-order valence-corrected chi connectivity index (χ0v) is 15.5. The Morgan fingerprint density at radius 3 is 2.28 bits per heavy atom. The summed E-state index contributed by atoms with van der Waals surface area (Å²) in [6, 6.07) is 10.4. The standard InChI is InChI=1S/C19H13F3N4O2S/c20-14-3-1-13(2-4-14)10-26(17-8-15(21)7-16(22)9-17)29(27,28)18-5-6-19-24-23-12-25(19)11-18/h1-9,11-12H,10H2. The summed E-state index contributed by atoms with van der Waals surface area (Å²) in [6.45, 7) is -0.258. The SMILES string of the molecule is O=S(=O)(c1ccc2nncn2c1)N(Cc1ccc(F)cc1)c1cc(F)cc(F)c1. The Bertz CT molecular complexity index is 1270. The second-order valence-electron chi connectivity index (χ2n) is 6.23. The van der Waals surface area contributed by atoms with Crippen LogP contribution in [0.15, 0.2) is 72.0 Å². The number of anilines is 1. The lowest BCUT2D eigenvalue weighted by Crippen LogP contribution is -2.31. The van der Waals surface area contributed by atoms with Crippen LogP contribution in [0, 0.1) is 17.5 Å². The molecule has 2 aromatic carbocycles. The van der Waals surface area contributed by atoms with Crippen LogP contribution in [0.25, 0.3) is 5.65 Å². The van der Waals surface area contributed by atoms with Crippen LogP contribution in [0.1, 0.15) is 5.56 Å². The fraction of sp³-hybridized carbons (Fsp3) is 0.0526. The second kappa shape index (κ2) is 7.21. The molecule has 0 aliphatic heterocycles. The molecule has 0 aliphatic rings. The first-order chi connectivity index (χ1) is 13.8. The van der Waals surface area contributed by atoms with Crippen LogP contribution in [-0.4, -0.2) is 23.0 Å². The van der Waals surface area contributed by atoms with Crippen molar-refractivity contribution in [3.05, 3.63) is 90.1 Å². The summed E-state index contributed by atoms with van der Waals surface area (Å²) >= 11 is 0. The summed E-state index contributed by atoms with van der Waals surface area (Å²) in [5, 5.41) is 7.51. The Kier molecular flexibility index (Phi) is 4.71. The fourth-order valence-electron chi connectivity index (χ4n) is 2.84. The Labute approximate surface area is 163 Å². The van der Waals surface area contributed by atoms with Gasteiger partial charge >= 0.3 is 0 Å². The van der Waals surface area contributed by atoms with Gasteiger partial charge in [-0.2, -0.15) is 0 Å². The molecule has 29 heavy (non-hydrogen) atoms. The van der Waals surface area contributed by atoms with Gasteiger partial charge in [0.2, 0.25) is 0 Å². The number of aromatic nitrogens is 3. The molecule has 2 heterocycles. The molecule has 0 saturated heterocycles. The molecule has 6 nitrogen and oxygen atoms in total. The van der Waals surface area contributed by atoms with E-state index in [4.69, 9.17) is 0 Å². The molecule has 0 amide bonds. The molecule has 0 saturated carbocycles. The highest BCUT2D eigenvalue weighted by molar-refractivity contribution is 7.92. The maximum absolute atomic E-state index is 13.8. The van der Waals surface area contributed by atoms with Crippen LogP contribution >= 0.6 is 0 Å². The van der Waals surface area contributed by atoms with Crippen LogP contribution in [0.3, 0.4) is 0 Å². The lowest BCUT2D eigenvalue weighted by Gasteiger charge is -2.25. The molecular weight excluding hydrogens is 405 g/mol. The topological polar surface area (TPSA) is 67.6 Å². The van der Waals surface area contributed by atoms with E-state index in [9.17, 15) is 21.6 Å². The summed E-state index contributed by atoms with van der Waals surface area (Å²) in [4.78, 5) is -0.128. The Balaban J connectivity index is 1.84. The van der Waals surface area contributed by atoms with E-state index in [-0.39, 0.29) is 17.1 Å². The van der Waals surface area contributed by atoms with Gasteiger partial charge in [-0.15, -0.1) is 10.2 Å². The number of rotatable bonds is 5. The third-order valence-corrected chi connectivity index (χ3v) is 5.98. The minimum atomic E-state index is -4.24. The van der Waals surface area contributed by atoms with Gasteiger partial charge in [0.05, 0.1) is 12.2 Å². The Morgan fingerprint density at radius 1 is 0.897 bits per heavy atom. The van der Waals surface area contributed by atoms with Crippen molar-refractivity contribution in [1.82, 2.24) is 14.6 Å². The van der Waals surface area contributed by atoms with Crippen molar-refractivity contribution in [2.45, 2.75) is 11.4 Å². The highest BCUT2D eigenvalue weighted by atomic mass is 32.2. The van der Waals surface area contributed by atoms with Crippen molar-refractivity contribution in [2.24, 2.45) is 0 Å². The largest absolute Gasteiger partial charge is 0.288 e. The first kappa shape index (κ1) is 18.9. The molecule has 10 heteroatoms. The number of nitrogens with zero attached hydrogens (tertiary/aromatic N) is 4. The van der Waals surface area contributed by atoms with E-state index >= 15 is 0 Å². The van der Waals surface area contributed by atoms with Crippen molar-refractivity contribution in [2.75, 3.05) is 4.31 Å². The predicted molar refractivity (Wildman–Crippen MR) is 99.1 cm³/mol. The molecule has 0 bridgehead atoms. The van der Waals surface area contributed by atoms with Gasteiger partial charge in [0.25, 0.3) is 10.0 Å². The quantitative estimate of drug-likeness (QED) is 0.497. The van der Waals surface area contributed by atoms with E-state index in [2.05, 4.69) is 10.2 Å². The Morgan fingerprint density at radius 2 is 1.59 bits per heavy atom. The number of sulfonamides is 1. The summed E-state index contributed by atoms with van der Waals surface area (Å²) in [7, 11) is -4.24. The first-order valence-corrected chi connectivity index (χ1v) is 9.80. The molecule has 0 aliphatic carbocycles. The fourth-order valence-corrected chi connectivity index (χ4v) is 4.28. The minimum absolute atomic E-state index is 0.128. The van der Waals surface area contributed by atoms with Gasteiger partial charge in [0, 0.05) is 12.3 Å². The molecule has 0 unspecified atom stereocenters. The molecule has 0 radical (unpaired) electrons. The molecule has 148 valence electrons. The molecule has 0 spiro atoms. The van der Waals surface area contributed by atoms with Crippen LogP contribution in [0.5, 0.6) is 0 Å². The highest BCUT2D eigenvalue weighted by Crippen LogP contribution is 2.28. The number of pyridine rings is 1. The summed E-state index contributed by atoms with van der Waals surface area (Å²) in [5.74, 6) is -2.33. The number of hydrogen-bond acceptors (Lipinski definition) is 4. The normalized spacial score (nSPS) is 11.7. The minimum Gasteiger partial charge on any atom is -0.288 e. The van der Waals surface area contributed by atoms with Crippen molar-refractivity contribution >= 4 is 21.4 Å². The van der Waals surface area contributed by atoms with Crippen LogP contribution in [0.4, 0.5) is 18.9 Å². The van der Waals surface area contributed by atoms with Gasteiger partial charge in [-0.25, -0.2) is 21.6 Å². The van der Waals surface area contributed by atoms with Gasteiger partial charge in [0.15, 0.2) is 5.65 Å². The van der Waals surface area contributed by atoms with Crippen LogP contribution in [-0.2, 0) is 16.6 Å². The predicted octanol–water partition coefficient (Wildman–Crippen LogP) is 3.54. The van der Waals surface area contributed by atoms with E-state index in [1.807, 2.05) is 0 Å². The van der Waals surface area contributed by atoms with Crippen LogP contribution < -0.4 is 4.31 Å². The lowest BCUT2D eigenvalue weighted by molar-refractivity contribution is 0.579. The van der Waals surface area contributed by atoms with E-state index in [0.717, 1.165) is 16.4 Å². The van der Waals surface area contributed by atoms with Crippen molar-refractivity contribution < 1.29 is 21.6 Å². The maximum Gasteiger partial charge on any atom is 0.266 e. The molecule has 4 rings (SSSR count). The van der Waals surface area contributed by atoms with Gasteiger partial charge in [-0.05, 0) is 42.0 Å². The summed E-state index contributed by atoms with van der Waals surface area (Å²) in [6.07, 6.45) is 2.64. The summed E-state index contributed by atoms with van der Waals surface area (Å²) in [5.41, 5.74) is 0.673. The third kappa shape index (κ3) is 3.79. The average Bonchev–Trinajstić information content (AvgIpc) is 3.14. The molecule has 0 fully saturated rings. The van der Waals surface area contributed by atoms with Gasteiger partial charge < -0.3 is 0 Å². The maximum atomic E-state index is 13.8. The van der Waals surface area contributed by atoms with Crippen LogP contribution in [0.2, 0.25) is 0 Å². The van der Waals surface area contributed by atoms with E-state index in [1.165, 1.54) is 53.3 Å². The zero-order chi connectivity index (χ0) is 20.6. The number of halogens is 3. The Hall–Kier alpha value is -3.40. The number of fused-ring (bicyclic) bond motifs is 1. The average molecular weight is 418 g/mol. The van der Waals surface area contributed by atoms with Crippen molar-refractivity contribution in [3.8, 4) is 0 Å². The molecule has 4 aromatic rings. The smallest absolute Gasteiger partial charge is 0.266 e.